The van der Waals surface area contributed by atoms with Crippen LogP contribution in [0.25, 0.3) is 11.3 Å². The quantitative estimate of drug-likeness (QED) is 0.779. The Morgan fingerprint density at radius 3 is 2.50 bits per heavy atom. The van der Waals surface area contributed by atoms with Crippen molar-refractivity contribution in [3.63, 3.8) is 0 Å². The van der Waals surface area contributed by atoms with Crippen molar-refractivity contribution in [1.82, 2.24) is 10.5 Å². The number of aromatic nitrogens is 1. The van der Waals surface area contributed by atoms with E-state index in [0.29, 0.717) is 17.1 Å². The highest BCUT2D eigenvalue weighted by Gasteiger charge is 2.09. The van der Waals surface area contributed by atoms with Gasteiger partial charge in [0.05, 0.1) is 13.7 Å². The van der Waals surface area contributed by atoms with E-state index in [0.717, 1.165) is 11.3 Å². The second-order valence-corrected chi connectivity index (χ2v) is 5.46. The van der Waals surface area contributed by atoms with Crippen molar-refractivity contribution >= 4 is 5.91 Å². The molecule has 0 saturated heterocycles. The van der Waals surface area contributed by atoms with Gasteiger partial charge in [0, 0.05) is 17.2 Å². The van der Waals surface area contributed by atoms with Crippen LogP contribution in [0.5, 0.6) is 5.75 Å². The highest BCUT2D eigenvalue weighted by Crippen LogP contribution is 2.19. The van der Waals surface area contributed by atoms with Gasteiger partial charge in [-0.25, -0.2) is 0 Å². The van der Waals surface area contributed by atoms with Crippen molar-refractivity contribution in [3.05, 3.63) is 71.5 Å². The molecule has 0 saturated carbocycles. The minimum Gasteiger partial charge on any atom is -0.497 e. The van der Waals surface area contributed by atoms with Crippen molar-refractivity contribution in [3.8, 4) is 17.0 Å². The molecule has 1 N–H and O–H groups in total. The maximum atomic E-state index is 12.1. The minimum atomic E-state index is -0.175. The number of hydrogen-bond donors (Lipinski definition) is 1. The summed E-state index contributed by atoms with van der Waals surface area (Å²) in [5, 5.41) is 6.86. The van der Waals surface area contributed by atoms with E-state index in [1.807, 2.05) is 37.3 Å². The molecule has 0 bridgehead atoms. The number of rotatable bonds is 5. The largest absolute Gasteiger partial charge is 0.497 e. The number of amides is 1. The molecule has 3 aromatic rings. The predicted octanol–water partition coefficient (Wildman–Crippen LogP) is 3.59. The van der Waals surface area contributed by atoms with E-state index in [4.69, 9.17) is 9.26 Å². The molecule has 0 aliphatic heterocycles. The molecule has 0 fully saturated rings. The first-order valence-electron chi connectivity index (χ1n) is 7.60. The monoisotopic (exact) mass is 322 g/mol. The fraction of sp³-hybridized carbons (Fsp3) is 0.158. The third-order valence-electron chi connectivity index (χ3n) is 3.68. The molecule has 2 aromatic carbocycles. The molecular weight excluding hydrogens is 304 g/mol. The molecule has 0 atom stereocenters. The van der Waals surface area contributed by atoms with Crippen LogP contribution >= 0.6 is 0 Å². The molecule has 1 amide bonds. The average molecular weight is 322 g/mol. The van der Waals surface area contributed by atoms with Gasteiger partial charge in [-0.2, -0.15) is 0 Å². The van der Waals surface area contributed by atoms with Gasteiger partial charge in [0.15, 0.2) is 5.76 Å². The Balaban J connectivity index is 1.62. The van der Waals surface area contributed by atoms with Crippen LogP contribution in [0.2, 0.25) is 0 Å². The van der Waals surface area contributed by atoms with E-state index < -0.39 is 0 Å². The first kappa shape index (κ1) is 15.8. The van der Waals surface area contributed by atoms with Gasteiger partial charge >= 0.3 is 0 Å². The zero-order chi connectivity index (χ0) is 16.9. The number of hydrogen-bond acceptors (Lipinski definition) is 4. The molecule has 0 aliphatic carbocycles. The fourth-order valence-electron chi connectivity index (χ4n) is 2.27. The van der Waals surface area contributed by atoms with Gasteiger partial charge in [-0.3, -0.25) is 4.79 Å². The summed E-state index contributed by atoms with van der Waals surface area (Å²) in [6.45, 7) is 2.32. The maximum Gasteiger partial charge on any atom is 0.251 e. The van der Waals surface area contributed by atoms with Crippen LogP contribution in [0.3, 0.4) is 0 Å². The van der Waals surface area contributed by atoms with E-state index in [1.54, 1.807) is 31.4 Å². The first-order valence-corrected chi connectivity index (χ1v) is 7.60. The fourth-order valence-corrected chi connectivity index (χ4v) is 2.27. The lowest BCUT2D eigenvalue weighted by atomic mass is 10.1. The van der Waals surface area contributed by atoms with Crippen molar-refractivity contribution in [2.24, 2.45) is 0 Å². The summed E-state index contributed by atoms with van der Waals surface area (Å²) in [7, 11) is 1.59. The summed E-state index contributed by atoms with van der Waals surface area (Å²) < 4.78 is 10.4. The van der Waals surface area contributed by atoms with Gasteiger partial charge < -0.3 is 14.6 Å². The highest BCUT2D eigenvalue weighted by molar-refractivity contribution is 5.94. The molecule has 0 spiro atoms. The summed E-state index contributed by atoms with van der Waals surface area (Å²) in [4.78, 5) is 12.1. The smallest absolute Gasteiger partial charge is 0.251 e. The Kier molecular flexibility index (Phi) is 4.61. The van der Waals surface area contributed by atoms with Crippen molar-refractivity contribution < 1.29 is 14.1 Å². The topological polar surface area (TPSA) is 64.4 Å². The molecule has 0 aliphatic rings. The first-order chi connectivity index (χ1) is 11.7. The maximum absolute atomic E-state index is 12.1. The molecule has 24 heavy (non-hydrogen) atoms. The molecule has 122 valence electrons. The number of ether oxygens (including phenoxy) is 1. The second-order valence-electron chi connectivity index (χ2n) is 5.46. The molecule has 0 unspecified atom stereocenters. The van der Waals surface area contributed by atoms with Crippen molar-refractivity contribution in [2.45, 2.75) is 13.5 Å². The number of carbonyl (C=O) groups excluding carboxylic acids is 1. The third kappa shape index (κ3) is 3.63. The normalized spacial score (nSPS) is 10.4. The van der Waals surface area contributed by atoms with E-state index in [-0.39, 0.29) is 12.5 Å². The van der Waals surface area contributed by atoms with Crippen LogP contribution in [0.15, 0.2) is 59.1 Å². The zero-order valence-electron chi connectivity index (χ0n) is 13.6. The molecule has 0 radical (unpaired) electrons. The molecule has 3 rings (SSSR count). The van der Waals surface area contributed by atoms with Gasteiger partial charge in [-0.05, 0) is 31.2 Å². The summed E-state index contributed by atoms with van der Waals surface area (Å²) >= 11 is 0. The summed E-state index contributed by atoms with van der Waals surface area (Å²) in [5.41, 5.74) is 3.49. The van der Waals surface area contributed by atoms with E-state index >= 15 is 0 Å². The third-order valence-corrected chi connectivity index (χ3v) is 3.68. The summed E-state index contributed by atoms with van der Waals surface area (Å²) in [6.07, 6.45) is 0. The Morgan fingerprint density at radius 2 is 1.83 bits per heavy atom. The number of carbonyl (C=O) groups is 1. The van der Waals surface area contributed by atoms with Gasteiger partial charge in [0.25, 0.3) is 5.91 Å². The van der Waals surface area contributed by atoms with Crippen LogP contribution in [0, 0.1) is 6.92 Å². The summed E-state index contributed by atoms with van der Waals surface area (Å²) in [6, 6.07) is 16.8. The van der Waals surface area contributed by atoms with Gasteiger partial charge in [0.2, 0.25) is 0 Å². The average Bonchev–Trinajstić information content (AvgIpc) is 3.09. The van der Waals surface area contributed by atoms with E-state index in [1.165, 1.54) is 5.56 Å². The van der Waals surface area contributed by atoms with Gasteiger partial charge in [0.1, 0.15) is 11.4 Å². The standard InChI is InChI=1S/C19H18N2O3/c1-13-3-5-14(6-4-13)18-11-17(24-21-18)12-20-19(22)15-7-9-16(23-2)10-8-15/h3-11H,12H2,1-2H3,(H,20,22). The van der Waals surface area contributed by atoms with Crippen LogP contribution in [-0.2, 0) is 6.54 Å². The Labute approximate surface area is 140 Å². The second kappa shape index (κ2) is 7.00. The van der Waals surface area contributed by atoms with Crippen molar-refractivity contribution in [2.75, 3.05) is 7.11 Å². The zero-order valence-corrected chi connectivity index (χ0v) is 13.6. The molecule has 1 aromatic heterocycles. The lowest BCUT2D eigenvalue weighted by Crippen LogP contribution is -2.22. The molecule has 5 nitrogen and oxygen atoms in total. The molecule has 1 heterocycles. The number of benzene rings is 2. The lowest BCUT2D eigenvalue weighted by molar-refractivity contribution is 0.0947. The molecular formula is C19H18N2O3. The Hall–Kier alpha value is -3.08. The predicted molar refractivity (Wildman–Crippen MR) is 90.8 cm³/mol. The minimum absolute atomic E-state index is 0.175. The van der Waals surface area contributed by atoms with Crippen LogP contribution in [-0.4, -0.2) is 18.2 Å². The highest BCUT2D eigenvalue weighted by atomic mass is 16.5. The van der Waals surface area contributed by atoms with Gasteiger partial charge in [-0.1, -0.05) is 35.0 Å². The van der Waals surface area contributed by atoms with Crippen LogP contribution < -0.4 is 10.1 Å². The number of nitrogens with one attached hydrogen (secondary N) is 1. The molecule has 5 heteroatoms. The Morgan fingerprint density at radius 1 is 1.12 bits per heavy atom. The Bertz CT molecular complexity index is 821. The number of nitrogens with zero attached hydrogens (tertiary/aromatic N) is 1. The van der Waals surface area contributed by atoms with E-state index in [2.05, 4.69) is 10.5 Å². The van der Waals surface area contributed by atoms with Crippen molar-refractivity contribution in [1.29, 1.82) is 0 Å². The van der Waals surface area contributed by atoms with Crippen LogP contribution in [0.1, 0.15) is 21.7 Å². The number of aryl methyl sites for hydroxylation is 1. The summed E-state index contributed by atoms with van der Waals surface area (Å²) in [5.74, 6) is 1.14. The number of methoxy groups -OCH3 is 1. The van der Waals surface area contributed by atoms with Crippen LogP contribution in [0.4, 0.5) is 0 Å². The van der Waals surface area contributed by atoms with Gasteiger partial charge in [-0.15, -0.1) is 0 Å². The SMILES string of the molecule is COc1ccc(C(=O)NCc2cc(-c3ccc(C)cc3)no2)cc1. The lowest BCUT2D eigenvalue weighted by Gasteiger charge is -2.04. The van der Waals surface area contributed by atoms with E-state index in [9.17, 15) is 4.79 Å².